The number of nitrogens with zero attached hydrogens (tertiary/aromatic N) is 5. The maximum Gasteiger partial charge on any atom is 0.191 e. The van der Waals surface area contributed by atoms with Gasteiger partial charge in [-0.15, -0.1) is 24.0 Å². The van der Waals surface area contributed by atoms with E-state index in [1.54, 1.807) is 24.3 Å². The lowest BCUT2D eigenvalue weighted by atomic mass is 10.1. The first-order valence-corrected chi connectivity index (χ1v) is 10.1. The zero-order valence-corrected chi connectivity index (χ0v) is 20.8. The highest BCUT2D eigenvalue weighted by molar-refractivity contribution is 14.0. The number of aliphatic imine (C=N–C) groups is 1. The lowest BCUT2D eigenvalue weighted by Gasteiger charge is -2.13. The van der Waals surface area contributed by atoms with Gasteiger partial charge in [-0.05, 0) is 31.9 Å². The molecule has 0 atom stereocenters. The number of aromatic nitrogens is 4. The number of anilines is 1. The van der Waals surface area contributed by atoms with E-state index in [0.29, 0.717) is 19.6 Å². The van der Waals surface area contributed by atoms with Crippen LogP contribution in [0.3, 0.4) is 0 Å². The van der Waals surface area contributed by atoms with E-state index < -0.39 is 0 Å². The summed E-state index contributed by atoms with van der Waals surface area (Å²) in [6, 6.07) is 6.22. The second-order valence-electron chi connectivity index (χ2n) is 6.91. The molecule has 0 bridgehead atoms. The highest BCUT2D eigenvalue weighted by atomic mass is 127. The van der Waals surface area contributed by atoms with Crippen LogP contribution in [0.2, 0.25) is 0 Å². The standard InChI is InChI=1S/C21H30N8O.HI/c1-5-22-21(24-9-8-16-12-15(2)6-7-18(16)30-4)25-11-10-23-19-17-13-28-29(3)20(17)27-14-26-19;/h6-7,12-14H,5,8-11H2,1-4H3,(H2,22,24,25)(H,23,26,27);1H. The molecule has 0 unspecified atom stereocenters. The lowest BCUT2D eigenvalue weighted by molar-refractivity contribution is 0.409. The monoisotopic (exact) mass is 538 g/mol. The van der Waals surface area contributed by atoms with E-state index >= 15 is 0 Å². The molecule has 3 rings (SSSR count). The van der Waals surface area contributed by atoms with E-state index in [9.17, 15) is 0 Å². The van der Waals surface area contributed by atoms with Gasteiger partial charge in [-0.1, -0.05) is 17.7 Å². The average molecular weight is 538 g/mol. The number of nitrogens with one attached hydrogen (secondary N) is 3. The number of ether oxygens (including phenoxy) is 1. The number of halogens is 1. The van der Waals surface area contributed by atoms with Gasteiger partial charge in [0.15, 0.2) is 11.6 Å². The average Bonchev–Trinajstić information content (AvgIpc) is 3.13. The third-order valence-electron chi connectivity index (χ3n) is 4.67. The Labute approximate surface area is 200 Å². The molecule has 0 spiro atoms. The first-order valence-electron chi connectivity index (χ1n) is 10.1. The van der Waals surface area contributed by atoms with Crippen LogP contribution in [0.25, 0.3) is 11.0 Å². The van der Waals surface area contributed by atoms with Crippen LogP contribution in [0.4, 0.5) is 5.82 Å². The fourth-order valence-corrected chi connectivity index (χ4v) is 3.20. The Kier molecular flexibility index (Phi) is 9.76. The Morgan fingerprint density at radius 3 is 2.81 bits per heavy atom. The Morgan fingerprint density at radius 2 is 2.03 bits per heavy atom. The van der Waals surface area contributed by atoms with Crippen LogP contribution in [0.1, 0.15) is 18.1 Å². The highest BCUT2D eigenvalue weighted by Crippen LogP contribution is 2.20. The van der Waals surface area contributed by atoms with Crippen LogP contribution < -0.4 is 20.7 Å². The lowest BCUT2D eigenvalue weighted by Crippen LogP contribution is -2.39. The maximum absolute atomic E-state index is 5.45. The summed E-state index contributed by atoms with van der Waals surface area (Å²) in [5.41, 5.74) is 3.20. The SMILES string of the molecule is CCNC(=NCCc1cc(C)ccc1OC)NCCNc1ncnc2c1cnn2C.I. The van der Waals surface area contributed by atoms with E-state index in [0.717, 1.165) is 41.5 Å². The molecule has 3 N–H and O–H groups in total. The van der Waals surface area contributed by atoms with Crippen LogP contribution >= 0.6 is 24.0 Å². The molecule has 0 aliphatic rings. The van der Waals surface area contributed by atoms with Gasteiger partial charge in [0.1, 0.15) is 17.9 Å². The van der Waals surface area contributed by atoms with Crippen molar-refractivity contribution < 1.29 is 4.74 Å². The smallest absolute Gasteiger partial charge is 0.191 e. The third-order valence-corrected chi connectivity index (χ3v) is 4.67. The number of hydrogen-bond acceptors (Lipinski definition) is 6. The Bertz CT molecular complexity index is 1000. The Balaban J connectivity index is 0.00000341. The van der Waals surface area contributed by atoms with Crippen molar-refractivity contribution in [1.82, 2.24) is 30.4 Å². The molecule has 0 aliphatic heterocycles. The summed E-state index contributed by atoms with van der Waals surface area (Å²) in [4.78, 5) is 13.3. The van der Waals surface area contributed by atoms with E-state index in [1.165, 1.54) is 11.1 Å². The maximum atomic E-state index is 5.45. The molecule has 0 aliphatic carbocycles. The molecule has 10 heteroatoms. The van der Waals surface area contributed by atoms with Crippen molar-refractivity contribution in [3.8, 4) is 5.75 Å². The van der Waals surface area contributed by atoms with Crippen molar-refractivity contribution in [3.05, 3.63) is 41.9 Å². The van der Waals surface area contributed by atoms with Gasteiger partial charge in [0, 0.05) is 33.2 Å². The third kappa shape index (κ3) is 6.68. The summed E-state index contributed by atoms with van der Waals surface area (Å²) >= 11 is 0. The molecule has 0 saturated carbocycles. The minimum atomic E-state index is 0. The molecule has 3 aromatic rings. The van der Waals surface area contributed by atoms with Crippen LogP contribution in [0, 0.1) is 6.92 Å². The van der Waals surface area contributed by atoms with Crippen molar-refractivity contribution in [2.45, 2.75) is 20.3 Å². The second-order valence-corrected chi connectivity index (χ2v) is 6.91. The van der Waals surface area contributed by atoms with Gasteiger partial charge in [0.2, 0.25) is 0 Å². The highest BCUT2D eigenvalue weighted by Gasteiger charge is 2.07. The normalized spacial score (nSPS) is 11.2. The van der Waals surface area contributed by atoms with Crippen molar-refractivity contribution >= 4 is 46.8 Å². The number of aryl methyl sites for hydroxylation is 2. The van der Waals surface area contributed by atoms with Crippen LogP contribution in [0.15, 0.2) is 35.7 Å². The number of benzene rings is 1. The molecular weight excluding hydrogens is 507 g/mol. The summed E-state index contributed by atoms with van der Waals surface area (Å²) in [6.07, 6.45) is 4.14. The molecule has 0 amide bonds. The number of hydrogen-bond donors (Lipinski definition) is 3. The van der Waals surface area contributed by atoms with Crippen molar-refractivity contribution in [2.24, 2.45) is 12.0 Å². The minimum Gasteiger partial charge on any atom is -0.496 e. The van der Waals surface area contributed by atoms with Crippen molar-refractivity contribution in [2.75, 3.05) is 38.6 Å². The number of fused-ring (bicyclic) bond motifs is 1. The van der Waals surface area contributed by atoms with Gasteiger partial charge in [-0.2, -0.15) is 5.10 Å². The van der Waals surface area contributed by atoms with Crippen LogP contribution in [-0.2, 0) is 13.5 Å². The van der Waals surface area contributed by atoms with E-state index in [-0.39, 0.29) is 24.0 Å². The Hall–Kier alpha value is -2.63. The molecule has 1 aromatic carbocycles. The molecular formula is C21H31IN8O. The molecule has 0 radical (unpaired) electrons. The molecule has 2 aromatic heterocycles. The number of guanidine groups is 1. The molecule has 0 saturated heterocycles. The summed E-state index contributed by atoms with van der Waals surface area (Å²) in [5.74, 6) is 2.48. The van der Waals surface area contributed by atoms with Crippen LogP contribution in [-0.4, -0.2) is 59.0 Å². The van der Waals surface area contributed by atoms with Crippen molar-refractivity contribution in [1.29, 1.82) is 0 Å². The number of methoxy groups -OCH3 is 1. The largest absolute Gasteiger partial charge is 0.496 e. The topological polar surface area (TPSA) is 101 Å². The second kappa shape index (κ2) is 12.3. The van der Waals surface area contributed by atoms with Gasteiger partial charge in [-0.25, -0.2) is 9.97 Å². The Morgan fingerprint density at radius 1 is 1.19 bits per heavy atom. The van der Waals surface area contributed by atoms with Crippen molar-refractivity contribution in [3.63, 3.8) is 0 Å². The quantitative estimate of drug-likeness (QED) is 0.167. The molecule has 31 heavy (non-hydrogen) atoms. The molecule has 2 heterocycles. The zero-order valence-electron chi connectivity index (χ0n) is 18.5. The molecule has 9 nitrogen and oxygen atoms in total. The number of rotatable bonds is 9. The molecule has 168 valence electrons. The minimum absolute atomic E-state index is 0. The van der Waals surface area contributed by atoms with E-state index in [1.807, 2.05) is 13.1 Å². The van der Waals surface area contributed by atoms with E-state index in [2.05, 4.69) is 62.0 Å². The van der Waals surface area contributed by atoms with Gasteiger partial charge in [0.25, 0.3) is 0 Å². The van der Waals surface area contributed by atoms with Gasteiger partial charge in [0.05, 0.1) is 18.7 Å². The predicted octanol–water partition coefficient (Wildman–Crippen LogP) is 2.51. The fourth-order valence-electron chi connectivity index (χ4n) is 3.20. The summed E-state index contributed by atoms with van der Waals surface area (Å²) in [7, 11) is 3.57. The van der Waals surface area contributed by atoms with E-state index in [4.69, 9.17) is 4.74 Å². The first kappa shape index (κ1) is 24.6. The van der Waals surface area contributed by atoms with Gasteiger partial charge in [-0.3, -0.25) is 9.67 Å². The summed E-state index contributed by atoms with van der Waals surface area (Å²) in [5, 5.41) is 15.1. The van der Waals surface area contributed by atoms with Crippen LogP contribution in [0.5, 0.6) is 5.75 Å². The first-order chi connectivity index (χ1) is 14.6. The molecule has 0 fully saturated rings. The fraction of sp³-hybridized carbons (Fsp3) is 0.429. The van der Waals surface area contributed by atoms with Gasteiger partial charge >= 0.3 is 0 Å². The predicted molar refractivity (Wildman–Crippen MR) is 136 cm³/mol. The van der Waals surface area contributed by atoms with Gasteiger partial charge < -0.3 is 20.7 Å². The zero-order chi connectivity index (χ0) is 21.3. The summed E-state index contributed by atoms with van der Waals surface area (Å²) < 4.78 is 7.19. The summed E-state index contributed by atoms with van der Waals surface area (Å²) in [6.45, 7) is 7.00.